The van der Waals surface area contributed by atoms with Crippen molar-refractivity contribution in [1.82, 2.24) is 9.78 Å². The molecule has 0 radical (unpaired) electrons. The summed E-state index contributed by atoms with van der Waals surface area (Å²) in [6.45, 7) is 4.84. The number of hydrogen-bond acceptors (Lipinski definition) is 4. The predicted molar refractivity (Wildman–Crippen MR) is 83.9 cm³/mol. The number of halogens is 1. The Hall–Kier alpha value is -1.14. The van der Waals surface area contributed by atoms with Crippen LogP contribution in [0.4, 0.5) is 0 Å². The standard InChI is InChI=1S/C14H17BrN2O2S/c1-4-9-13(15)10(17(5-2)16-9)8-11(18)14-12(19-3)6-7-20-14/h6-7H,4-5,8H2,1-3H3. The second-order valence-electron chi connectivity index (χ2n) is 4.29. The van der Waals surface area contributed by atoms with Crippen molar-refractivity contribution in [1.29, 1.82) is 0 Å². The Morgan fingerprint density at radius 3 is 2.85 bits per heavy atom. The first-order valence-electron chi connectivity index (χ1n) is 6.51. The van der Waals surface area contributed by atoms with E-state index in [0.717, 1.165) is 28.8 Å². The quantitative estimate of drug-likeness (QED) is 0.740. The average molecular weight is 357 g/mol. The molecule has 0 bridgehead atoms. The molecular formula is C14H17BrN2O2S. The molecule has 0 amide bonds. The molecular weight excluding hydrogens is 340 g/mol. The molecule has 2 heterocycles. The molecule has 0 aliphatic carbocycles. The van der Waals surface area contributed by atoms with E-state index in [1.807, 2.05) is 23.1 Å². The number of ketones is 1. The Balaban J connectivity index is 2.30. The molecule has 2 aromatic heterocycles. The van der Waals surface area contributed by atoms with Crippen LogP contribution >= 0.6 is 27.3 Å². The molecule has 0 fully saturated rings. The van der Waals surface area contributed by atoms with Crippen molar-refractivity contribution in [3.8, 4) is 5.75 Å². The summed E-state index contributed by atoms with van der Waals surface area (Å²) in [5.41, 5.74) is 1.93. The first-order valence-corrected chi connectivity index (χ1v) is 8.18. The Labute approximate surface area is 130 Å². The van der Waals surface area contributed by atoms with Gasteiger partial charge in [0.15, 0.2) is 5.78 Å². The van der Waals surface area contributed by atoms with Crippen molar-refractivity contribution in [2.24, 2.45) is 0 Å². The highest BCUT2D eigenvalue weighted by molar-refractivity contribution is 9.10. The zero-order valence-electron chi connectivity index (χ0n) is 11.8. The third-order valence-corrected chi connectivity index (χ3v) is 4.98. The summed E-state index contributed by atoms with van der Waals surface area (Å²) in [5, 5.41) is 6.38. The fraction of sp³-hybridized carbons (Fsp3) is 0.429. The summed E-state index contributed by atoms with van der Waals surface area (Å²) in [4.78, 5) is 13.1. The van der Waals surface area contributed by atoms with E-state index < -0.39 is 0 Å². The van der Waals surface area contributed by atoms with Gasteiger partial charge in [0.1, 0.15) is 10.6 Å². The summed E-state index contributed by atoms with van der Waals surface area (Å²) in [6, 6.07) is 1.82. The lowest BCUT2D eigenvalue weighted by Crippen LogP contribution is -2.10. The number of Topliss-reactive ketones (excluding diaryl/α,β-unsaturated/α-hetero) is 1. The molecule has 20 heavy (non-hydrogen) atoms. The van der Waals surface area contributed by atoms with Gasteiger partial charge in [-0.15, -0.1) is 11.3 Å². The van der Waals surface area contributed by atoms with E-state index in [1.54, 1.807) is 7.11 Å². The Bertz CT molecular complexity index is 619. The summed E-state index contributed by atoms with van der Waals surface area (Å²) in [6.07, 6.45) is 1.18. The largest absolute Gasteiger partial charge is 0.495 e. The van der Waals surface area contributed by atoms with Crippen LogP contribution in [0.25, 0.3) is 0 Å². The van der Waals surface area contributed by atoms with E-state index in [9.17, 15) is 4.79 Å². The highest BCUT2D eigenvalue weighted by Crippen LogP contribution is 2.28. The molecule has 0 atom stereocenters. The maximum Gasteiger partial charge on any atom is 0.182 e. The lowest BCUT2D eigenvalue weighted by Gasteiger charge is -2.05. The minimum Gasteiger partial charge on any atom is -0.495 e. The lowest BCUT2D eigenvalue weighted by molar-refractivity contribution is 0.0991. The molecule has 2 rings (SSSR count). The maximum absolute atomic E-state index is 12.4. The Kier molecular flexibility index (Phi) is 4.99. The number of ether oxygens (including phenoxy) is 1. The molecule has 0 saturated carbocycles. The minimum absolute atomic E-state index is 0.0646. The normalized spacial score (nSPS) is 10.8. The zero-order valence-corrected chi connectivity index (χ0v) is 14.2. The van der Waals surface area contributed by atoms with E-state index in [2.05, 4.69) is 28.0 Å². The summed E-state index contributed by atoms with van der Waals surface area (Å²) in [5.74, 6) is 0.712. The van der Waals surface area contributed by atoms with Crippen LogP contribution in [-0.2, 0) is 19.4 Å². The van der Waals surface area contributed by atoms with Gasteiger partial charge in [-0.1, -0.05) is 6.92 Å². The monoisotopic (exact) mass is 356 g/mol. The van der Waals surface area contributed by atoms with E-state index in [4.69, 9.17) is 4.74 Å². The van der Waals surface area contributed by atoms with Crippen molar-refractivity contribution >= 4 is 33.0 Å². The highest BCUT2D eigenvalue weighted by Gasteiger charge is 2.20. The van der Waals surface area contributed by atoms with Gasteiger partial charge in [-0.05, 0) is 40.7 Å². The number of carbonyl (C=O) groups is 1. The SMILES string of the molecule is CCc1nn(CC)c(CC(=O)c2sccc2OC)c1Br. The highest BCUT2D eigenvalue weighted by atomic mass is 79.9. The lowest BCUT2D eigenvalue weighted by atomic mass is 10.1. The van der Waals surface area contributed by atoms with Crippen LogP contribution in [0.1, 0.15) is 34.9 Å². The predicted octanol–water partition coefficient (Wildman–Crippen LogP) is 3.72. The number of carbonyl (C=O) groups excluding carboxylic acids is 1. The first-order chi connectivity index (χ1) is 9.62. The number of aryl methyl sites for hydroxylation is 2. The van der Waals surface area contributed by atoms with Gasteiger partial charge < -0.3 is 4.74 Å². The third-order valence-electron chi connectivity index (χ3n) is 3.12. The second-order valence-corrected chi connectivity index (χ2v) is 6.00. The molecule has 0 unspecified atom stereocenters. The number of thiophene rings is 1. The first kappa shape index (κ1) is 15.3. The van der Waals surface area contributed by atoms with Crippen molar-refractivity contribution < 1.29 is 9.53 Å². The van der Waals surface area contributed by atoms with Gasteiger partial charge in [-0.3, -0.25) is 9.48 Å². The number of hydrogen-bond donors (Lipinski definition) is 0. The fourth-order valence-electron chi connectivity index (χ4n) is 2.08. The summed E-state index contributed by atoms with van der Waals surface area (Å²) in [7, 11) is 1.58. The number of rotatable bonds is 6. The van der Waals surface area contributed by atoms with E-state index in [-0.39, 0.29) is 5.78 Å². The molecule has 6 heteroatoms. The minimum atomic E-state index is 0.0646. The van der Waals surface area contributed by atoms with E-state index in [0.29, 0.717) is 17.0 Å². The van der Waals surface area contributed by atoms with Gasteiger partial charge in [0.2, 0.25) is 0 Å². The Morgan fingerprint density at radius 2 is 2.25 bits per heavy atom. The zero-order chi connectivity index (χ0) is 14.7. The van der Waals surface area contributed by atoms with Crippen LogP contribution in [0.3, 0.4) is 0 Å². The third kappa shape index (κ3) is 2.81. The van der Waals surface area contributed by atoms with Gasteiger partial charge in [0.05, 0.1) is 29.4 Å². The molecule has 2 aromatic rings. The molecule has 4 nitrogen and oxygen atoms in total. The number of nitrogens with zero attached hydrogens (tertiary/aromatic N) is 2. The van der Waals surface area contributed by atoms with E-state index >= 15 is 0 Å². The fourth-order valence-corrected chi connectivity index (χ4v) is 3.58. The number of aromatic nitrogens is 2. The van der Waals surface area contributed by atoms with Crippen LogP contribution in [0.15, 0.2) is 15.9 Å². The van der Waals surface area contributed by atoms with Gasteiger partial charge >= 0.3 is 0 Å². The smallest absolute Gasteiger partial charge is 0.182 e. The number of methoxy groups -OCH3 is 1. The van der Waals surface area contributed by atoms with Gasteiger partial charge in [-0.2, -0.15) is 5.10 Å². The Morgan fingerprint density at radius 1 is 1.50 bits per heavy atom. The maximum atomic E-state index is 12.4. The molecule has 0 saturated heterocycles. The van der Waals surface area contributed by atoms with Crippen molar-refractivity contribution in [2.75, 3.05) is 7.11 Å². The molecule has 108 valence electrons. The van der Waals surface area contributed by atoms with Crippen LogP contribution in [-0.4, -0.2) is 22.7 Å². The molecule has 0 aliphatic rings. The second kappa shape index (κ2) is 6.54. The summed E-state index contributed by atoms with van der Waals surface area (Å²) >= 11 is 4.98. The molecule has 0 aromatic carbocycles. The van der Waals surface area contributed by atoms with Crippen molar-refractivity contribution in [3.05, 3.63) is 32.2 Å². The van der Waals surface area contributed by atoms with Gasteiger partial charge in [0, 0.05) is 6.54 Å². The average Bonchev–Trinajstić information content (AvgIpc) is 3.04. The molecule has 0 N–H and O–H groups in total. The van der Waals surface area contributed by atoms with Crippen molar-refractivity contribution in [2.45, 2.75) is 33.2 Å². The van der Waals surface area contributed by atoms with Crippen LogP contribution in [0.2, 0.25) is 0 Å². The van der Waals surface area contributed by atoms with Crippen LogP contribution in [0, 0.1) is 0 Å². The molecule has 0 aliphatic heterocycles. The van der Waals surface area contributed by atoms with Crippen LogP contribution < -0.4 is 4.74 Å². The van der Waals surface area contributed by atoms with Gasteiger partial charge in [0.25, 0.3) is 0 Å². The summed E-state index contributed by atoms with van der Waals surface area (Å²) < 4.78 is 8.05. The van der Waals surface area contributed by atoms with E-state index in [1.165, 1.54) is 11.3 Å². The van der Waals surface area contributed by atoms with Gasteiger partial charge in [-0.25, -0.2) is 0 Å². The molecule has 0 spiro atoms. The van der Waals surface area contributed by atoms with Crippen LogP contribution in [0.5, 0.6) is 5.75 Å². The van der Waals surface area contributed by atoms with Crippen molar-refractivity contribution in [3.63, 3.8) is 0 Å². The topological polar surface area (TPSA) is 44.1 Å².